The van der Waals surface area contributed by atoms with Crippen molar-refractivity contribution in [2.45, 2.75) is 36.5 Å². The summed E-state index contributed by atoms with van der Waals surface area (Å²) in [5.41, 5.74) is 2.73. The van der Waals surface area contributed by atoms with Crippen molar-refractivity contribution in [1.29, 1.82) is 0 Å². The molecule has 1 N–H and O–H groups in total. The Morgan fingerprint density at radius 2 is 2.44 bits per heavy atom. The lowest BCUT2D eigenvalue weighted by Gasteiger charge is -2.18. The standard InChI is InChI=1S/C13H18N2S/c1-16-13(6-7-13)9-15-11-5-4-10-3-2-8-14-12(10)11/h2-3,8,11,15H,4-7,9H2,1H3. The maximum Gasteiger partial charge on any atom is 0.0605 e. The molecule has 2 aliphatic rings. The van der Waals surface area contributed by atoms with Gasteiger partial charge in [0.2, 0.25) is 0 Å². The molecule has 86 valence electrons. The summed E-state index contributed by atoms with van der Waals surface area (Å²) in [7, 11) is 0. The molecule has 0 aliphatic heterocycles. The molecule has 2 nitrogen and oxygen atoms in total. The monoisotopic (exact) mass is 234 g/mol. The lowest BCUT2D eigenvalue weighted by atomic mass is 10.2. The van der Waals surface area contributed by atoms with Gasteiger partial charge in [-0.3, -0.25) is 4.98 Å². The van der Waals surface area contributed by atoms with Crippen LogP contribution in [0.2, 0.25) is 0 Å². The molecule has 2 aliphatic carbocycles. The maximum atomic E-state index is 4.52. The highest BCUT2D eigenvalue weighted by Gasteiger charge is 2.42. The van der Waals surface area contributed by atoms with E-state index in [-0.39, 0.29) is 0 Å². The normalized spacial score (nSPS) is 25.4. The Bertz CT molecular complexity index is 387. The molecule has 1 saturated carbocycles. The number of hydrogen-bond acceptors (Lipinski definition) is 3. The fourth-order valence-electron chi connectivity index (χ4n) is 2.51. The molecule has 0 aromatic carbocycles. The Morgan fingerprint density at radius 1 is 1.56 bits per heavy atom. The second-order valence-corrected chi connectivity index (χ2v) is 6.18. The van der Waals surface area contributed by atoms with Crippen LogP contribution in [0, 0.1) is 0 Å². The van der Waals surface area contributed by atoms with E-state index < -0.39 is 0 Å². The second-order valence-electron chi connectivity index (χ2n) is 4.91. The van der Waals surface area contributed by atoms with Gasteiger partial charge in [-0.05, 0) is 43.6 Å². The molecular formula is C13H18N2S. The van der Waals surface area contributed by atoms with Crippen LogP contribution in [-0.2, 0) is 6.42 Å². The minimum atomic E-state index is 0.501. The number of pyridine rings is 1. The van der Waals surface area contributed by atoms with Crippen LogP contribution in [0.5, 0.6) is 0 Å². The number of nitrogens with zero attached hydrogens (tertiary/aromatic N) is 1. The molecular weight excluding hydrogens is 216 g/mol. The average molecular weight is 234 g/mol. The largest absolute Gasteiger partial charge is 0.307 e. The first kappa shape index (κ1) is 10.6. The van der Waals surface area contributed by atoms with E-state index >= 15 is 0 Å². The van der Waals surface area contributed by atoms with Gasteiger partial charge in [-0.2, -0.15) is 11.8 Å². The van der Waals surface area contributed by atoms with Crippen LogP contribution in [0.4, 0.5) is 0 Å². The van der Waals surface area contributed by atoms with E-state index in [2.05, 4.69) is 22.6 Å². The molecule has 3 rings (SSSR count). The van der Waals surface area contributed by atoms with Gasteiger partial charge in [-0.15, -0.1) is 0 Å². The van der Waals surface area contributed by atoms with Crippen molar-refractivity contribution in [1.82, 2.24) is 10.3 Å². The minimum Gasteiger partial charge on any atom is -0.307 e. The molecule has 16 heavy (non-hydrogen) atoms. The van der Waals surface area contributed by atoms with Crippen molar-refractivity contribution in [3.8, 4) is 0 Å². The number of hydrogen-bond donors (Lipinski definition) is 1. The molecule has 1 aromatic heterocycles. The van der Waals surface area contributed by atoms with E-state index in [0.717, 1.165) is 6.54 Å². The lowest BCUT2D eigenvalue weighted by Crippen LogP contribution is -2.29. The summed E-state index contributed by atoms with van der Waals surface area (Å²) in [6.07, 6.45) is 9.31. The zero-order valence-corrected chi connectivity index (χ0v) is 10.5. The zero-order chi connectivity index (χ0) is 11.0. The van der Waals surface area contributed by atoms with Crippen LogP contribution >= 0.6 is 11.8 Å². The predicted molar refractivity (Wildman–Crippen MR) is 68.8 cm³/mol. The van der Waals surface area contributed by atoms with Gasteiger partial charge in [0.15, 0.2) is 0 Å². The molecule has 0 spiro atoms. The van der Waals surface area contributed by atoms with E-state index in [1.807, 2.05) is 24.0 Å². The van der Waals surface area contributed by atoms with Gasteiger partial charge < -0.3 is 5.32 Å². The average Bonchev–Trinajstić information content (AvgIpc) is 3.01. The van der Waals surface area contributed by atoms with E-state index in [4.69, 9.17) is 0 Å². The van der Waals surface area contributed by atoms with Gasteiger partial charge in [0.05, 0.1) is 11.7 Å². The topological polar surface area (TPSA) is 24.9 Å². The van der Waals surface area contributed by atoms with Crippen LogP contribution in [0.3, 0.4) is 0 Å². The molecule has 3 heteroatoms. The summed E-state index contributed by atoms with van der Waals surface area (Å²) >= 11 is 2.02. The van der Waals surface area contributed by atoms with Crippen molar-refractivity contribution in [2.24, 2.45) is 0 Å². The van der Waals surface area contributed by atoms with Gasteiger partial charge in [0, 0.05) is 17.5 Å². The van der Waals surface area contributed by atoms with Gasteiger partial charge in [0.1, 0.15) is 0 Å². The molecule has 0 radical (unpaired) electrons. The van der Waals surface area contributed by atoms with Gasteiger partial charge in [0.25, 0.3) is 0 Å². The Morgan fingerprint density at radius 3 is 3.19 bits per heavy atom. The van der Waals surface area contributed by atoms with Crippen molar-refractivity contribution in [3.05, 3.63) is 29.6 Å². The molecule has 1 heterocycles. The zero-order valence-electron chi connectivity index (χ0n) is 9.70. The summed E-state index contributed by atoms with van der Waals surface area (Å²) < 4.78 is 0.553. The smallest absolute Gasteiger partial charge is 0.0605 e. The molecule has 1 fully saturated rings. The Balaban J connectivity index is 1.65. The first-order valence-electron chi connectivity index (χ1n) is 6.05. The number of aryl methyl sites for hydroxylation is 1. The Hall–Kier alpha value is -0.540. The summed E-state index contributed by atoms with van der Waals surface area (Å²) in [4.78, 5) is 4.52. The molecule has 1 unspecified atom stereocenters. The Labute approximate surface area is 101 Å². The highest BCUT2D eigenvalue weighted by atomic mass is 32.2. The highest BCUT2D eigenvalue weighted by Crippen LogP contribution is 2.47. The van der Waals surface area contributed by atoms with Crippen molar-refractivity contribution >= 4 is 11.8 Å². The van der Waals surface area contributed by atoms with E-state index in [1.54, 1.807) is 0 Å². The van der Waals surface area contributed by atoms with E-state index in [0.29, 0.717) is 10.8 Å². The van der Waals surface area contributed by atoms with Crippen LogP contribution in [0.25, 0.3) is 0 Å². The Kier molecular flexibility index (Phi) is 2.68. The number of thioether (sulfide) groups is 1. The SMILES string of the molecule is CSC1(CNC2CCc3cccnc32)CC1. The third-order valence-corrected chi connectivity index (χ3v) is 5.29. The van der Waals surface area contributed by atoms with E-state index in [9.17, 15) is 0 Å². The lowest BCUT2D eigenvalue weighted by molar-refractivity contribution is 0.515. The van der Waals surface area contributed by atoms with Gasteiger partial charge in [-0.25, -0.2) is 0 Å². The van der Waals surface area contributed by atoms with Crippen LogP contribution in [-0.4, -0.2) is 22.5 Å². The highest BCUT2D eigenvalue weighted by molar-refractivity contribution is 8.00. The predicted octanol–water partition coefficient (Wildman–Crippen LogP) is 2.55. The molecule has 0 amide bonds. The minimum absolute atomic E-state index is 0.501. The number of rotatable bonds is 4. The molecule has 1 atom stereocenters. The van der Waals surface area contributed by atoms with Crippen LogP contribution in [0.15, 0.2) is 18.3 Å². The summed E-state index contributed by atoms with van der Waals surface area (Å²) in [5.74, 6) is 0. The molecule has 0 saturated heterocycles. The second kappa shape index (κ2) is 4.04. The third-order valence-electron chi connectivity index (χ3n) is 3.87. The fraction of sp³-hybridized carbons (Fsp3) is 0.615. The summed E-state index contributed by atoms with van der Waals surface area (Å²) in [6.45, 7) is 1.15. The fourth-order valence-corrected chi connectivity index (χ4v) is 3.25. The first-order chi connectivity index (χ1) is 7.83. The number of nitrogens with one attached hydrogen (secondary N) is 1. The first-order valence-corrected chi connectivity index (χ1v) is 7.28. The van der Waals surface area contributed by atoms with Gasteiger partial charge in [-0.1, -0.05) is 6.07 Å². The maximum absolute atomic E-state index is 4.52. The number of fused-ring (bicyclic) bond motifs is 1. The van der Waals surface area contributed by atoms with Crippen molar-refractivity contribution in [2.75, 3.05) is 12.8 Å². The third kappa shape index (κ3) is 1.87. The summed E-state index contributed by atoms with van der Waals surface area (Å²) in [5, 5.41) is 3.71. The summed E-state index contributed by atoms with van der Waals surface area (Å²) in [6, 6.07) is 4.76. The van der Waals surface area contributed by atoms with Crippen molar-refractivity contribution < 1.29 is 0 Å². The van der Waals surface area contributed by atoms with E-state index in [1.165, 1.54) is 36.9 Å². The quantitative estimate of drug-likeness (QED) is 0.866. The molecule has 1 aromatic rings. The van der Waals surface area contributed by atoms with Crippen LogP contribution < -0.4 is 5.32 Å². The van der Waals surface area contributed by atoms with Crippen LogP contribution in [0.1, 0.15) is 36.6 Å². The van der Waals surface area contributed by atoms with Crippen molar-refractivity contribution in [3.63, 3.8) is 0 Å². The molecule has 0 bridgehead atoms. The number of aromatic nitrogens is 1. The van der Waals surface area contributed by atoms with Gasteiger partial charge >= 0.3 is 0 Å².